The van der Waals surface area contributed by atoms with Crippen molar-refractivity contribution in [2.75, 3.05) is 0 Å². The molecule has 5 nitrogen and oxygen atoms in total. The number of amides is 1. The molecule has 0 unspecified atom stereocenters. The van der Waals surface area contributed by atoms with Crippen LogP contribution >= 0.6 is 11.6 Å². The molecule has 1 aliphatic heterocycles. The Morgan fingerprint density at radius 2 is 1.71 bits per heavy atom. The summed E-state index contributed by atoms with van der Waals surface area (Å²) in [5.41, 5.74) is -5.95. The summed E-state index contributed by atoms with van der Waals surface area (Å²) in [5.74, 6) is -2.15. The molecule has 1 saturated carbocycles. The van der Waals surface area contributed by atoms with Crippen molar-refractivity contribution in [1.82, 2.24) is 10.3 Å². The van der Waals surface area contributed by atoms with Crippen LogP contribution in [0.25, 0.3) is 0 Å². The van der Waals surface area contributed by atoms with E-state index in [1.165, 1.54) is 25.1 Å². The van der Waals surface area contributed by atoms with Gasteiger partial charge in [-0.15, -0.1) is 0 Å². The molecule has 0 bridgehead atoms. The number of nitrogens with zero attached hydrogens (tertiary/aromatic N) is 2. The highest BCUT2D eigenvalue weighted by molar-refractivity contribution is 6.30. The molecule has 0 radical (unpaired) electrons. The molecule has 1 aliphatic carbocycles. The number of hydrogen-bond donors (Lipinski definition) is 1. The summed E-state index contributed by atoms with van der Waals surface area (Å²) in [5, 5.41) is 5.32. The number of rotatable bonds is 4. The Balaban J connectivity index is 1.55. The van der Waals surface area contributed by atoms with Crippen LogP contribution in [0.2, 0.25) is 5.02 Å². The van der Waals surface area contributed by atoms with Gasteiger partial charge in [-0.25, -0.2) is 4.98 Å². The molecule has 2 aromatic rings. The standard InChI is InChI=1S/C23H17ClF9N3O2/c1-10-4-11(2-3-15(10)19(37)34-14-5-12(6-14)21(25,26)27)16-9-20(38-36-16,23(31,32)33)17-7-13(24)8-18(35-17)22(28,29)30/h2-4,7-8,12,14H,5-6,9H2,1H3,(H,34,37)/t12-,14+,20-/m0/s1. The molecule has 206 valence electrons. The van der Waals surface area contributed by atoms with Crippen LogP contribution in [0.5, 0.6) is 0 Å². The largest absolute Gasteiger partial charge is 0.437 e. The average molecular weight is 574 g/mol. The van der Waals surface area contributed by atoms with E-state index in [-0.39, 0.29) is 35.2 Å². The van der Waals surface area contributed by atoms with E-state index in [1.807, 2.05) is 0 Å². The van der Waals surface area contributed by atoms with Crippen LogP contribution in [-0.2, 0) is 16.6 Å². The summed E-state index contributed by atoms with van der Waals surface area (Å²) < 4.78 is 120. The van der Waals surface area contributed by atoms with E-state index in [9.17, 15) is 44.3 Å². The van der Waals surface area contributed by atoms with Crippen molar-refractivity contribution in [3.05, 3.63) is 63.4 Å². The third kappa shape index (κ3) is 5.27. The summed E-state index contributed by atoms with van der Waals surface area (Å²) in [6, 6.07) is 4.16. The predicted molar refractivity (Wildman–Crippen MR) is 115 cm³/mol. The first kappa shape index (κ1) is 28.0. The van der Waals surface area contributed by atoms with Gasteiger partial charge in [0, 0.05) is 16.6 Å². The van der Waals surface area contributed by atoms with Crippen LogP contribution < -0.4 is 5.32 Å². The Morgan fingerprint density at radius 1 is 1.05 bits per heavy atom. The first-order valence-corrected chi connectivity index (χ1v) is 11.3. The van der Waals surface area contributed by atoms with Crippen molar-refractivity contribution in [2.24, 2.45) is 11.1 Å². The lowest BCUT2D eigenvalue weighted by molar-refractivity contribution is -0.277. The Labute approximate surface area is 214 Å². The Kier molecular flexibility index (Phi) is 6.86. The lowest BCUT2D eigenvalue weighted by atomic mass is 9.79. The van der Waals surface area contributed by atoms with E-state index in [0.717, 1.165) is 0 Å². The minimum Gasteiger partial charge on any atom is -0.372 e. The van der Waals surface area contributed by atoms with Gasteiger partial charge in [0.2, 0.25) is 0 Å². The third-order valence-corrected chi connectivity index (χ3v) is 6.64. The molecule has 2 aliphatic rings. The molecule has 38 heavy (non-hydrogen) atoms. The molecule has 1 fully saturated rings. The van der Waals surface area contributed by atoms with Gasteiger partial charge in [0.05, 0.1) is 23.7 Å². The minimum absolute atomic E-state index is 0.0807. The lowest BCUT2D eigenvalue weighted by Crippen LogP contribution is -2.49. The Morgan fingerprint density at radius 3 is 2.26 bits per heavy atom. The Bertz CT molecular complexity index is 1280. The fourth-order valence-electron chi connectivity index (χ4n) is 4.24. The number of benzene rings is 1. The zero-order valence-electron chi connectivity index (χ0n) is 19.2. The maximum Gasteiger partial charge on any atom is 0.437 e. The first-order chi connectivity index (χ1) is 17.4. The predicted octanol–water partition coefficient (Wildman–Crippen LogP) is 6.72. The van der Waals surface area contributed by atoms with Gasteiger partial charge in [-0.2, -0.15) is 39.5 Å². The van der Waals surface area contributed by atoms with Crippen molar-refractivity contribution in [3.8, 4) is 0 Å². The van der Waals surface area contributed by atoms with E-state index >= 15 is 0 Å². The first-order valence-electron chi connectivity index (χ1n) is 11.0. The minimum atomic E-state index is -5.25. The fourth-order valence-corrected chi connectivity index (χ4v) is 4.44. The van der Waals surface area contributed by atoms with Crippen LogP contribution in [0.4, 0.5) is 39.5 Å². The Hall–Kier alpha value is -3.03. The number of halogens is 10. The van der Waals surface area contributed by atoms with Crippen LogP contribution in [0, 0.1) is 12.8 Å². The molecular weight excluding hydrogens is 557 g/mol. The summed E-state index contributed by atoms with van der Waals surface area (Å²) in [6.45, 7) is 1.46. The molecule has 2 heterocycles. The van der Waals surface area contributed by atoms with Gasteiger partial charge in [0.25, 0.3) is 11.5 Å². The number of hydrogen-bond acceptors (Lipinski definition) is 4. The second-order valence-electron chi connectivity index (χ2n) is 9.09. The molecule has 0 spiro atoms. The summed E-state index contributed by atoms with van der Waals surface area (Å²) in [7, 11) is 0. The number of carbonyl (C=O) groups is 1. The summed E-state index contributed by atoms with van der Waals surface area (Å²) >= 11 is 5.65. The average Bonchev–Trinajstić information content (AvgIpc) is 3.21. The highest BCUT2D eigenvalue weighted by Gasteiger charge is 2.64. The monoisotopic (exact) mass is 573 g/mol. The molecular formula is C23H17ClF9N3O2. The number of alkyl halides is 9. The van der Waals surface area contributed by atoms with Gasteiger partial charge in [-0.05, 0) is 55.2 Å². The van der Waals surface area contributed by atoms with Crippen LogP contribution in [-0.4, -0.2) is 35.0 Å². The molecule has 1 amide bonds. The van der Waals surface area contributed by atoms with Gasteiger partial charge >= 0.3 is 18.5 Å². The second-order valence-corrected chi connectivity index (χ2v) is 9.53. The van der Waals surface area contributed by atoms with Crippen LogP contribution in [0.3, 0.4) is 0 Å². The van der Waals surface area contributed by atoms with E-state index in [4.69, 9.17) is 16.4 Å². The van der Waals surface area contributed by atoms with Crippen molar-refractivity contribution in [1.29, 1.82) is 0 Å². The van der Waals surface area contributed by atoms with Crippen molar-refractivity contribution in [3.63, 3.8) is 0 Å². The fraction of sp³-hybridized carbons (Fsp3) is 0.435. The maximum atomic E-state index is 14.2. The zero-order chi connectivity index (χ0) is 28.3. The normalized spacial score (nSPS) is 23.9. The maximum absolute atomic E-state index is 14.2. The van der Waals surface area contributed by atoms with Crippen LogP contribution in [0.1, 0.15) is 52.1 Å². The third-order valence-electron chi connectivity index (χ3n) is 6.42. The van der Waals surface area contributed by atoms with Crippen LogP contribution in [0.15, 0.2) is 35.5 Å². The lowest BCUT2D eigenvalue weighted by Gasteiger charge is -2.36. The molecule has 1 aromatic carbocycles. The number of pyridine rings is 1. The van der Waals surface area contributed by atoms with Gasteiger partial charge < -0.3 is 10.2 Å². The molecule has 1 N–H and O–H groups in total. The van der Waals surface area contributed by atoms with E-state index in [2.05, 4.69) is 15.5 Å². The molecule has 1 atom stereocenters. The van der Waals surface area contributed by atoms with Gasteiger partial charge in [0.1, 0.15) is 5.69 Å². The summed E-state index contributed by atoms with van der Waals surface area (Å²) in [6.07, 6.45) is -16.2. The molecule has 1 aromatic heterocycles. The number of oxime groups is 1. The number of nitrogens with one attached hydrogen (secondary N) is 1. The zero-order valence-corrected chi connectivity index (χ0v) is 19.9. The number of aryl methyl sites for hydroxylation is 1. The highest BCUT2D eigenvalue weighted by atomic mass is 35.5. The molecule has 15 heteroatoms. The van der Waals surface area contributed by atoms with E-state index in [0.29, 0.717) is 12.1 Å². The van der Waals surface area contributed by atoms with Crippen molar-refractivity contribution < 1.29 is 49.1 Å². The van der Waals surface area contributed by atoms with Gasteiger partial charge in [0.15, 0.2) is 0 Å². The number of carbonyl (C=O) groups excluding carboxylic acids is 1. The van der Waals surface area contributed by atoms with Gasteiger partial charge in [-0.1, -0.05) is 22.8 Å². The topological polar surface area (TPSA) is 63.6 Å². The molecule has 0 saturated heterocycles. The van der Waals surface area contributed by atoms with Crippen molar-refractivity contribution in [2.45, 2.75) is 56.4 Å². The number of aromatic nitrogens is 1. The SMILES string of the molecule is Cc1cc(C2=NO[C@@](c3cc(Cl)cc(C(F)(F)F)n3)(C(F)(F)F)C2)ccc1C(=O)N[C@H]1C[C@@H](C(F)(F)F)C1. The van der Waals surface area contributed by atoms with Gasteiger partial charge in [-0.3, -0.25) is 4.79 Å². The molecule has 4 rings (SSSR count). The smallest absolute Gasteiger partial charge is 0.372 e. The van der Waals surface area contributed by atoms with Crippen molar-refractivity contribution >= 4 is 23.2 Å². The van der Waals surface area contributed by atoms with E-state index in [1.54, 1.807) is 0 Å². The summed E-state index contributed by atoms with van der Waals surface area (Å²) in [4.78, 5) is 20.3. The highest BCUT2D eigenvalue weighted by Crippen LogP contribution is 2.49. The van der Waals surface area contributed by atoms with E-state index < -0.39 is 64.8 Å². The quantitative estimate of drug-likeness (QED) is 0.413. The second kappa shape index (κ2) is 9.31.